The Kier molecular flexibility index (Phi) is 6.22. The van der Waals surface area contributed by atoms with Crippen LogP contribution < -0.4 is 0 Å². The van der Waals surface area contributed by atoms with Gasteiger partial charge < -0.3 is 10.2 Å². The van der Waals surface area contributed by atoms with Crippen molar-refractivity contribution in [3.05, 3.63) is 51.3 Å². The highest BCUT2D eigenvalue weighted by Gasteiger charge is 2.31. The number of carbonyl (C=O) groups is 1. The van der Waals surface area contributed by atoms with E-state index in [2.05, 4.69) is 0 Å². The number of hydrogen-bond donors (Lipinski definition) is 2. The SMILES string of the molecule is O=C(c1c(Cl)c(Cl)c(O)c(Cl)c1Cl)c1c(Cl)c(Cl)c(O)c(Cl)c1Cl. The fraction of sp³-hybridized carbons (Fsp3) is 0. The zero-order valence-electron chi connectivity index (χ0n) is 10.8. The molecule has 0 aliphatic carbocycles. The van der Waals surface area contributed by atoms with Gasteiger partial charge in [-0.15, -0.1) is 0 Å². The normalized spacial score (nSPS) is 11.0. The molecule has 2 aromatic carbocycles. The predicted octanol–water partition coefficient (Wildman–Crippen LogP) is 7.56. The van der Waals surface area contributed by atoms with Crippen LogP contribution >= 0.6 is 92.8 Å². The van der Waals surface area contributed by atoms with Crippen molar-refractivity contribution in [1.29, 1.82) is 0 Å². The summed E-state index contributed by atoms with van der Waals surface area (Å²) in [5.74, 6) is -2.10. The Bertz CT molecular complexity index is 764. The van der Waals surface area contributed by atoms with Crippen LogP contribution in [0, 0.1) is 0 Å². The molecule has 0 bridgehead atoms. The van der Waals surface area contributed by atoms with Crippen LogP contribution in [0.25, 0.3) is 0 Å². The maximum atomic E-state index is 12.8. The minimum atomic E-state index is -0.910. The Morgan fingerprint density at radius 2 is 0.708 bits per heavy atom. The van der Waals surface area contributed by atoms with Crippen LogP contribution in [0.1, 0.15) is 15.9 Å². The third kappa shape index (κ3) is 3.10. The summed E-state index contributed by atoms with van der Waals surface area (Å²) in [6.45, 7) is 0. The maximum Gasteiger partial charge on any atom is 0.199 e. The molecule has 24 heavy (non-hydrogen) atoms. The summed E-state index contributed by atoms with van der Waals surface area (Å²) in [5.41, 5.74) is -0.736. The number of carbonyl (C=O) groups excluding carboxylic acids is 1. The second kappa shape index (κ2) is 7.34. The van der Waals surface area contributed by atoms with E-state index in [1.807, 2.05) is 0 Å². The Morgan fingerprint density at radius 3 is 0.917 bits per heavy atom. The standard InChI is InChI=1S/C13H2Cl8O3/c14-3-1(4(15)8(19)12(23)7(3)18)11(22)2-5(16)9(20)13(24)10(21)6(2)17/h23-24H. The van der Waals surface area contributed by atoms with Crippen LogP contribution in [-0.2, 0) is 0 Å². The average molecular weight is 490 g/mol. The van der Waals surface area contributed by atoms with E-state index in [-0.39, 0.29) is 31.2 Å². The zero-order valence-corrected chi connectivity index (χ0v) is 16.9. The van der Waals surface area contributed by atoms with Gasteiger partial charge in [0.15, 0.2) is 17.3 Å². The van der Waals surface area contributed by atoms with Crippen LogP contribution in [0.4, 0.5) is 0 Å². The fourth-order valence-corrected chi connectivity index (χ4v) is 3.79. The first-order valence-electron chi connectivity index (χ1n) is 5.66. The van der Waals surface area contributed by atoms with Gasteiger partial charge in [-0.25, -0.2) is 0 Å². The molecule has 0 spiro atoms. The van der Waals surface area contributed by atoms with Crippen LogP contribution in [-0.4, -0.2) is 16.0 Å². The van der Waals surface area contributed by atoms with Gasteiger partial charge in [0.2, 0.25) is 0 Å². The van der Waals surface area contributed by atoms with E-state index in [9.17, 15) is 15.0 Å². The molecule has 0 radical (unpaired) electrons. The summed E-state index contributed by atoms with van der Waals surface area (Å²) >= 11 is 47.2. The Labute approximate surface area is 175 Å². The van der Waals surface area contributed by atoms with Gasteiger partial charge in [0, 0.05) is 0 Å². The minimum absolute atomic E-state index is 0.368. The van der Waals surface area contributed by atoms with Crippen molar-refractivity contribution in [3.63, 3.8) is 0 Å². The number of aromatic hydroxyl groups is 2. The molecule has 0 saturated carbocycles. The summed E-state index contributed by atoms with van der Waals surface area (Å²) in [6, 6.07) is 0. The molecule has 128 valence electrons. The van der Waals surface area contributed by atoms with Crippen molar-refractivity contribution in [2.24, 2.45) is 0 Å². The van der Waals surface area contributed by atoms with Gasteiger partial charge in [-0.05, 0) is 0 Å². The van der Waals surface area contributed by atoms with Crippen LogP contribution in [0.5, 0.6) is 11.5 Å². The van der Waals surface area contributed by atoms with Gasteiger partial charge >= 0.3 is 0 Å². The van der Waals surface area contributed by atoms with Crippen LogP contribution in [0.2, 0.25) is 40.2 Å². The van der Waals surface area contributed by atoms with E-state index in [4.69, 9.17) is 92.8 Å². The molecular weight excluding hydrogens is 488 g/mol. The first-order valence-corrected chi connectivity index (χ1v) is 8.69. The number of phenolic OH excluding ortho intramolecular Hbond substituents is 2. The third-order valence-corrected chi connectivity index (χ3v) is 6.31. The van der Waals surface area contributed by atoms with Crippen molar-refractivity contribution in [1.82, 2.24) is 0 Å². The number of ketones is 1. The molecule has 0 atom stereocenters. The first-order chi connectivity index (χ1) is 11.0. The molecule has 0 aromatic heterocycles. The van der Waals surface area contributed by atoms with E-state index in [0.717, 1.165) is 0 Å². The van der Waals surface area contributed by atoms with Crippen molar-refractivity contribution < 1.29 is 15.0 Å². The second-order valence-electron chi connectivity index (χ2n) is 4.29. The number of rotatable bonds is 2. The highest BCUT2D eigenvalue weighted by atomic mass is 35.5. The van der Waals surface area contributed by atoms with Gasteiger partial charge in [0.05, 0.1) is 31.2 Å². The monoisotopic (exact) mass is 486 g/mol. The lowest BCUT2D eigenvalue weighted by atomic mass is 10.0. The molecule has 2 aromatic rings. The van der Waals surface area contributed by atoms with Gasteiger partial charge in [-0.2, -0.15) is 0 Å². The van der Waals surface area contributed by atoms with E-state index >= 15 is 0 Å². The quantitative estimate of drug-likeness (QED) is 0.338. The third-order valence-electron chi connectivity index (χ3n) is 2.93. The topological polar surface area (TPSA) is 57.5 Å². The lowest BCUT2D eigenvalue weighted by Gasteiger charge is -2.15. The van der Waals surface area contributed by atoms with Gasteiger partial charge in [-0.1, -0.05) is 92.8 Å². The fourth-order valence-electron chi connectivity index (χ4n) is 1.76. The van der Waals surface area contributed by atoms with Crippen molar-refractivity contribution in [2.75, 3.05) is 0 Å². The average Bonchev–Trinajstić information content (AvgIpc) is 2.55. The molecule has 0 saturated heterocycles. The van der Waals surface area contributed by atoms with Crippen molar-refractivity contribution in [3.8, 4) is 11.5 Å². The van der Waals surface area contributed by atoms with Crippen molar-refractivity contribution >= 4 is 98.6 Å². The molecular formula is C13H2Cl8O3. The number of halogens is 8. The van der Waals surface area contributed by atoms with E-state index in [1.54, 1.807) is 0 Å². The van der Waals surface area contributed by atoms with Gasteiger partial charge in [0.1, 0.15) is 20.1 Å². The van der Waals surface area contributed by atoms with Gasteiger partial charge in [-0.3, -0.25) is 4.79 Å². The zero-order chi connectivity index (χ0) is 18.5. The predicted molar refractivity (Wildman–Crippen MR) is 99.7 cm³/mol. The lowest BCUT2D eigenvalue weighted by Crippen LogP contribution is -2.07. The molecule has 0 aliphatic rings. The van der Waals surface area contributed by atoms with Crippen LogP contribution in [0.3, 0.4) is 0 Å². The second-order valence-corrected chi connectivity index (χ2v) is 7.31. The number of phenols is 2. The van der Waals surface area contributed by atoms with E-state index < -0.39 is 37.4 Å². The number of hydrogen-bond acceptors (Lipinski definition) is 3. The molecule has 0 aliphatic heterocycles. The Morgan fingerprint density at radius 1 is 0.500 bits per heavy atom. The molecule has 2 N–H and O–H groups in total. The summed E-state index contributed by atoms with van der Waals surface area (Å²) < 4.78 is 0. The number of benzene rings is 2. The highest BCUT2D eigenvalue weighted by Crippen LogP contribution is 2.49. The molecule has 0 amide bonds. The van der Waals surface area contributed by atoms with Crippen molar-refractivity contribution in [2.45, 2.75) is 0 Å². The smallest absolute Gasteiger partial charge is 0.199 e. The Hall–Kier alpha value is 0.0300. The molecule has 11 heteroatoms. The minimum Gasteiger partial charge on any atom is -0.505 e. The highest BCUT2D eigenvalue weighted by molar-refractivity contribution is 6.55. The van der Waals surface area contributed by atoms with Crippen LogP contribution in [0.15, 0.2) is 0 Å². The summed E-state index contributed by atoms with van der Waals surface area (Å²) in [5, 5.41) is 16.4. The maximum absolute atomic E-state index is 12.8. The molecule has 0 unspecified atom stereocenters. The lowest BCUT2D eigenvalue weighted by molar-refractivity contribution is 0.103. The first kappa shape index (κ1) is 20.3. The molecule has 2 rings (SSSR count). The van der Waals surface area contributed by atoms with E-state index in [0.29, 0.717) is 0 Å². The Balaban J connectivity index is 2.87. The molecule has 0 heterocycles. The van der Waals surface area contributed by atoms with E-state index in [1.165, 1.54) is 0 Å². The molecule has 3 nitrogen and oxygen atoms in total. The van der Waals surface area contributed by atoms with Gasteiger partial charge in [0.25, 0.3) is 0 Å². The summed E-state index contributed by atoms with van der Waals surface area (Å²) in [7, 11) is 0. The molecule has 0 fully saturated rings. The summed E-state index contributed by atoms with van der Waals surface area (Å²) in [6.07, 6.45) is 0. The largest absolute Gasteiger partial charge is 0.505 e. The summed E-state index contributed by atoms with van der Waals surface area (Å²) in [4.78, 5) is 12.8.